The van der Waals surface area contributed by atoms with Gasteiger partial charge in [0.2, 0.25) is 0 Å². The summed E-state index contributed by atoms with van der Waals surface area (Å²) in [4.78, 5) is 0. The first-order valence-electron chi connectivity index (χ1n) is 4.27. The van der Waals surface area contributed by atoms with Gasteiger partial charge in [0.15, 0.2) is 0 Å². The first-order chi connectivity index (χ1) is 4.86. The predicted molar refractivity (Wildman–Crippen MR) is 43.8 cm³/mol. The van der Waals surface area contributed by atoms with Crippen LogP contribution in [0.3, 0.4) is 0 Å². The average molecular weight is 142 g/mol. The summed E-state index contributed by atoms with van der Waals surface area (Å²) in [7, 11) is 0. The minimum Gasteiger partial charge on any atom is -0.330 e. The third-order valence-corrected chi connectivity index (χ3v) is 2.44. The van der Waals surface area contributed by atoms with E-state index in [1.165, 1.54) is 19.4 Å². The summed E-state index contributed by atoms with van der Waals surface area (Å²) in [6.45, 7) is 5.44. The fourth-order valence-corrected chi connectivity index (χ4v) is 1.62. The van der Waals surface area contributed by atoms with E-state index in [1.54, 1.807) is 0 Å². The van der Waals surface area contributed by atoms with Gasteiger partial charge in [-0.15, -0.1) is 0 Å². The molecule has 0 aromatic rings. The predicted octanol–water partition coefficient (Wildman–Crippen LogP) is 0.581. The van der Waals surface area contributed by atoms with Crippen LogP contribution in [-0.4, -0.2) is 19.6 Å². The Hall–Kier alpha value is -0.0800. The number of piperidine rings is 1. The standard InChI is InChI=1S/C8H18N2/c1-2-7-3-8(4-9)6-10-5-7/h7-8,10H,2-6,9H2,1H3. The molecule has 0 aromatic heterocycles. The summed E-state index contributed by atoms with van der Waals surface area (Å²) in [6, 6.07) is 0. The van der Waals surface area contributed by atoms with Gasteiger partial charge in [-0.1, -0.05) is 13.3 Å². The lowest BCUT2D eigenvalue weighted by Gasteiger charge is -2.28. The number of rotatable bonds is 2. The van der Waals surface area contributed by atoms with Gasteiger partial charge in [0.25, 0.3) is 0 Å². The highest BCUT2D eigenvalue weighted by atomic mass is 14.9. The number of hydrogen-bond acceptors (Lipinski definition) is 2. The summed E-state index contributed by atoms with van der Waals surface area (Å²) in [5.41, 5.74) is 5.58. The van der Waals surface area contributed by atoms with Crippen LogP contribution in [0.25, 0.3) is 0 Å². The summed E-state index contributed by atoms with van der Waals surface area (Å²) in [5, 5.41) is 3.41. The van der Waals surface area contributed by atoms with E-state index in [9.17, 15) is 0 Å². The normalized spacial score (nSPS) is 34.2. The molecule has 1 aliphatic rings. The highest BCUT2D eigenvalue weighted by molar-refractivity contribution is 4.75. The maximum absolute atomic E-state index is 5.58. The van der Waals surface area contributed by atoms with Gasteiger partial charge in [0, 0.05) is 0 Å². The maximum Gasteiger partial charge on any atom is -0.000823 e. The van der Waals surface area contributed by atoms with Gasteiger partial charge in [-0.25, -0.2) is 0 Å². The molecule has 60 valence electrons. The quantitative estimate of drug-likeness (QED) is 0.592. The van der Waals surface area contributed by atoms with Crippen molar-refractivity contribution in [3.8, 4) is 0 Å². The van der Waals surface area contributed by atoms with Crippen molar-refractivity contribution >= 4 is 0 Å². The fraction of sp³-hybridized carbons (Fsp3) is 1.00. The van der Waals surface area contributed by atoms with E-state index in [2.05, 4.69) is 12.2 Å². The van der Waals surface area contributed by atoms with Crippen molar-refractivity contribution < 1.29 is 0 Å². The molecular formula is C8H18N2. The summed E-state index contributed by atoms with van der Waals surface area (Å²) >= 11 is 0. The molecule has 1 rings (SSSR count). The van der Waals surface area contributed by atoms with Crippen LogP contribution in [0, 0.1) is 11.8 Å². The van der Waals surface area contributed by atoms with E-state index >= 15 is 0 Å². The SMILES string of the molecule is CCC1CNCC(CN)C1. The van der Waals surface area contributed by atoms with Gasteiger partial charge in [0.1, 0.15) is 0 Å². The largest absolute Gasteiger partial charge is 0.330 e. The number of nitrogens with two attached hydrogens (primary N) is 1. The fourth-order valence-electron chi connectivity index (χ4n) is 1.62. The van der Waals surface area contributed by atoms with Crippen LogP contribution in [0.1, 0.15) is 19.8 Å². The molecule has 0 amide bonds. The van der Waals surface area contributed by atoms with Crippen LogP contribution >= 0.6 is 0 Å². The molecule has 0 aliphatic carbocycles. The molecule has 0 spiro atoms. The van der Waals surface area contributed by atoms with Gasteiger partial charge in [-0.2, -0.15) is 0 Å². The Bertz CT molecular complexity index is 83.3. The van der Waals surface area contributed by atoms with Crippen molar-refractivity contribution in [2.75, 3.05) is 19.6 Å². The molecular weight excluding hydrogens is 124 g/mol. The number of nitrogens with one attached hydrogen (secondary N) is 1. The lowest BCUT2D eigenvalue weighted by molar-refractivity contribution is 0.285. The van der Waals surface area contributed by atoms with E-state index < -0.39 is 0 Å². The van der Waals surface area contributed by atoms with E-state index in [-0.39, 0.29) is 0 Å². The lowest BCUT2D eigenvalue weighted by atomic mass is 9.89. The van der Waals surface area contributed by atoms with Gasteiger partial charge in [-0.3, -0.25) is 0 Å². The van der Waals surface area contributed by atoms with Crippen LogP contribution in [0.2, 0.25) is 0 Å². The van der Waals surface area contributed by atoms with Gasteiger partial charge >= 0.3 is 0 Å². The molecule has 1 saturated heterocycles. The second-order valence-electron chi connectivity index (χ2n) is 3.27. The first kappa shape index (κ1) is 8.02. The topological polar surface area (TPSA) is 38.0 Å². The highest BCUT2D eigenvalue weighted by Gasteiger charge is 2.18. The van der Waals surface area contributed by atoms with Crippen molar-refractivity contribution in [2.45, 2.75) is 19.8 Å². The Morgan fingerprint density at radius 1 is 1.40 bits per heavy atom. The molecule has 1 aliphatic heterocycles. The molecule has 3 N–H and O–H groups in total. The molecule has 0 bridgehead atoms. The summed E-state index contributed by atoms with van der Waals surface area (Å²) < 4.78 is 0. The van der Waals surface area contributed by atoms with E-state index in [1.807, 2.05) is 0 Å². The zero-order chi connectivity index (χ0) is 7.40. The molecule has 1 heterocycles. The molecule has 10 heavy (non-hydrogen) atoms. The third-order valence-electron chi connectivity index (χ3n) is 2.44. The van der Waals surface area contributed by atoms with Crippen LogP contribution < -0.4 is 11.1 Å². The van der Waals surface area contributed by atoms with Crippen LogP contribution in [0.4, 0.5) is 0 Å². The first-order valence-corrected chi connectivity index (χ1v) is 4.27. The molecule has 2 atom stereocenters. The Labute approximate surface area is 63.2 Å². The Morgan fingerprint density at radius 2 is 2.10 bits per heavy atom. The van der Waals surface area contributed by atoms with Crippen LogP contribution in [0.15, 0.2) is 0 Å². The third kappa shape index (κ3) is 1.96. The molecule has 0 radical (unpaired) electrons. The van der Waals surface area contributed by atoms with E-state index in [4.69, 9.17) is 5.73 Å². The maximum atomic E-state index is 5.58. The summed E-state index contributed by atoms with van der Waals surface area (Å²) in [6.07, 6.45) is 2.63. The highest BCUT2D eigenvalue weighted by Crippen LogP contribution is 2.17. The molecule has 0 saturated carbocycles. The second kappa shape index (κ2) is 3.94. The van der Waals surface area contributed by atoms with Gasteiger partial charge < -0.3 is 11.1 Å². The van der Waals surface area contributed by atoms with Crippen molar-refractivity contribution in [1.29, 1.82) is 0 Å². The number of hydrogen-bond donors (Lipinski definition) is 2. The zero-order valence-corrected chi connectivity index (χ0v) is 6.77. The zero-order valence-electron chi connectivity index (χ0n) is 6.77. The van der Waals surface area contributed by atoms with Gasteiger partial charge in [0.05, 0.1) is 0 Å². The van der Waals surface area contributed by atoms with Crippen LogP contribution in [-0.2, 0) is 0 Å². The Morgan fingerprint density at radius 3 is 2.70 bits per heavy atom. The average Bonchev–Trinajstić information content (AvgIpc) is 2.05. The molecule has 2 unspecified atom stereocenters. The minimum absolute atomic E-state index is 0.735. The monoisotopic (exact) mass is 142 g/mol. The molecule has 2 heteroatoms. The second-order valence-corrected chi connectivity index (χ2v) is 3.27. The van der Waals surface area contributed by atoms with Crippen molar-refractivity contribution in [3.63, 3.8) is 0 Å². The molecule has 1 fully saturated rings. The molecule has 0 aromatic carbocycles. The summed E-state index contributed by atoms with van der Waals surface area (Å²) in [5.74, 6) is 1.61. The lowest BCUT2D eigenvalue weighted by Crippen LogP contribution is -2.39. The Kier molecular flexibility index (Phi) is 3.16. The van der Waals surface area contributed by atoms with Crippen molar-refractivity contribution in [1.82, 2.24) is 5.32 Å². The van der Waals surface area contributed by atoms with Crippen molar-refractivity contribution in [3.05, 3.63) is 0 Å². The van der Waals surface area contributed by atoms with Crippen molar-refractivity contribution in [2.24, 2.45) is 17.6 Å². The van der Waals surface area contributed by atoms with Gasteiger partial charge in [-0.05, 0) is 37.9 Å². The molecule has 2 nitrogen and oxygen atoms in total. The minimum atomic E-state index is 0.735. The van der Waals surface area contributed by atoms with E-state index in [0.717, 1.165) is 24.9 Å². The van der Waals surface area contributed by atoms with Crippen LogP contribution in [0.5, 0.6) is 0 Å². The Balaban J connectivity index is 2.25. The smallest absolute Gasteiger partial charge is 0.000823 e. The van der Waals surface area contributed by atoms with E-state index in [0.29, 0.717) is 0 Å².